The van der Waals surface area contributed by atoms with Crippen LogP contribution < -0.4 is 0 Å². The summed E-state index contributed by atoms with van der Waals surface area (Å²) < 4.78 is 40.9. The van der Waals surface area contributed by atoms with Crippen molar-refractivity contribution in [2.45, 2.75) is 32.0 Å². The van der Waals surface area contributed by atoms with Crippen molar-refractivity contribution < 1.29 is 18.0 Å². The number of amides is 1. The first-order valence-corrected chi connectivity index (χ1v) is 10.1. The Hall–Kier alpha value is -2.06. The molecule has 2 aromatic heterocycles. The van der Waals surface area contributed by atoms with E-state index in [1.54, 1.807) is 23.3 Å². The van der Waals surface area contributed by atoms with Gasteiger partial charge in [-0.2, -0.15) is 13.2 Å². The first kappa shape index (κ1) is 19.3. The molecule has 1 aliphatic heterocycles. The van der Waals surface area contributed by atoms with Gasteiger partial charge in [0.05, 0.1) is 21.6 Å². The van der Waals surface area contributed by atoms with E-state index in [1.807, 2.05) is 4.57 Å². The van der Waals surface area contributed by atoms with E-state index in [0.717, 1.165) is 12.1 Å². The zero-order valence-corrected chi connectivity index (χ0v) is 16.5. The van der Waals surface area contributed by atoms with Gasteiger partial charge in [0.1, 0.15) is 10.7 Å². The molecule has 1 aromatic carbocycles. The molecule has 0 atom stereocenters. The van der Waals surface area contributed by atoms with Crippen molar-refractivity contribution in [1.29, 1.82) is 0 Å². The second kappa shape index (κ2) is 7.08. The largest absolute Gasteiger partial charge is 0.416 e. The number of carbonyl (C=O) groups is 1. The molecule has 1 fully saturated rings. The van der Waals surface area contributed by atoms with Crippen molar-refractivity contribution in [1.82, 2.24) is 14.5 Å². The summed E-state index contributed by atoms with van der Waals surface area (Å²) in [6, 6.07) is 5.47. The highest BCUT2D eigenvalue weighted by molar-refractivity contribution is 7.12. The third-order valence-electron chi connectivity index (χ3n) is 5.12. The molecule has 3 aromatic rings. The van der Waals surface area contributed by atoms with E-state index < -0.39 is 11.7 Å². The maximum Gasteiger partial charge on any atom is 0.416 e. The molecule has 0 spiro atoms. The second-order valence-corrected chi connectivity index (χ2v) is 8.17. The number of halogens is 4. The first-order valence-electron chi connectivity index (χ1n) is 8.84. The topological polar surface area (TPSA) is 38.1 Å². The van der Waals surface area contributed by atoms with Gasteiger partial charge in [-0.3, -0.25) is 4.79 Å². The van der Waals surface area contributed by atoms with Crippen molar-refractivity contribution >= 4 is 39.9 Å². The number of benzene rings is 1. The summed E-state index contributed by atoms with van der Waals surface area (Å²) in [6.45, 7) is 2.94. The lowest BCUT2D eigenvalue weighted by atomic mass is 10.0. The van der Waals surface area contributed by atoms with E-state index >= 15 is 0 Å². The van der Waals surface area contributed by atoms with Crippen molar-refractivity contribution in [3.05, 3.63) is 50.9 Å². The number of fused-ring (bicyclic) bond motifs is 1. The van der Waals surface area contributed by atoms with Gasteiger partial charge >= 0.3 is 6.18 Å². The molecule has 148 valence electrons. The van der Waals surface area contributed by atoms with E-state index in [-0.39, 0.29) is 11.9 Å². The number of carbonyl (C=O) groups excluding carboxylic acids is 1. The summed E-state index contributed by atoms with van der Waals surface area (Å²) in [5, 5.41) is 2.26. The zero-order chi connectivity index (χ0) is 20.1. The van der Waals surface area contributed by atoms with Crippen molar-refractivity contribution in [3.63, 3.8) is 0 Å². The lowest BCUT2D eigenvalue weighted by Gasteiger charge is -2.33. The molecular formula is C19H17ClF3N3OS. The normalized spacial score (nSPS) is 16.1. The Morgan fingerprint density at radius 2 is 1.96 bits per heavy atom. The minimum absolute atomic E-state index is 0.0690. The average Bonchev–Trinajstić information content (AvgIpc) is 3.22. The van der Waals surface area contributed by atoms with E-state index in [2.05, 4.69) is 4.98 Å². The molecule has 4 nitrogen and oxygen atoms in total. The van der Waals surface area contributed by atoms with E-state index in [1.165, 1.54) is 17.4 Å². The van der Waals surface area contributed by atoms with Crippen molar-refractivity contribution in [3.8, 4) is 0 Å². The fourth-order valence-corrected chi connectivity index (χ4v) is 4.88. The number of hydrogen-bond acceptors (Lipinski definition) is 3. The van der Waals surface area contributed by atoms with E-state index in [9.17, 15) is 18.0 Å². The number of piperidine rings is 1. The van der Waals surface area contributed by atoms with Crippen LogP contribution in [0.3, 0.4) is 0 Å². The Morgan fingerprint density at radius 1 is 1.25 bits per heavy atom. The first-order chi connectivity index (χ1) is 13.3. The highest BCUT2D eigenvalue weighted by atomic mass is 35.5. The van der Waals surface area contributed by atoms with Crippen LogP contribution in [0.2, 0.25) is 5.02 Å². The van der Waals surface area contributed by atoms with Gasteiger partial charge in [0.2, 0.25) is 0 Å². The summed E-state index contributed by atoms with van der Waals surface area (Å²) in [6.07, 6.45) is -2.97. The van der Waals surface area contributed by atoms with Crippen LogP contribution in [0.25, 0.3) is 11.0 Å². The van der Waals surface area contributed by atoms with Gasteiger partial charge in [0, 0.05) is 19.1 Å². The summed E-state index contributed by atoms with van der Waals surface area (Å²) in [7, 11) is 0. The standard InChI is InChI=1S/C19H17ClF3N3OS/c1-11-24-15-10-12(19(21,22)23)2-3-16(15)26(11)13-4-7-25(8-5-13)18(27)17-14(20)6-9-28-17/h2-3,6,9-10,13H,4-5,7-8H2,1H3. The number of alkyl halides is 3. The summed E-state index contributed by atoms with van der Waals surface area (Å²) >= 11 is 7.39. The summed E-state index contributed by atoms with van der Waals surface area (Å²) in [5.41, 5.74) is 0.339. The third kappa shape index (κ3) is 3.39. The molecule has 0 radical (unpaired) electrons. The Balaban J connectivity index is 1.55. The van der Waals surface area contributed by atoms with Crippen LogP contribution in [0, 0.1) is 6.92 Å². The molecule has 0 unspecified atom stereocenters. The van der Waals surface area contributed by atoms with Gasteiger partial charge in [-0.25, -0.2) is 4.98 Å². The van der Waals surface area contributed by atoms with E-state index in [4.69, 9.17) is 11.6 Å². The summed E-state index contributed by atoms with van der Waals surface area (Å²) in [4.78, 5) is 19.3. The van der Waals surface area contributed by atoms with Gasteiger partial charge < -0.3 is 9.47 Å². The van der Waals surface area contributed by atoms with Gasteiger partial charge in [-0.15, -0.1) is 11.3 Å². The number of likely N-dealkylation sites (tertiary alicyclic amines) is 1. The zero-order valence-electron chi connectivity index (χ0n) is 15.0. The van der Waals surface area contributed by atoms with Crippen LogP contribution >= 0.6 is 22.9 Å². The second-order valence-electron chi connectivity index (χ2n) is 6.85. The highest BCUT2D eigenvalue weighted by Gasteiger charge is 2.32. The molecule has 1 amide bonds. The lowest BCUT2D eigenvalue weighted by Crippen LogP contribution is -2.39. The minimum Gasteiger partial charge on any atom is -0.338 e. The lowest BCUT2D eigenvalue weighted by molar-refractivity contribution is -0.137. The molecule has 0 N–H and O–H groups in total. The fraction of sp³-hybridized carbons (Fsp3) is 0.368. The predicted octanol–water partition coefficient (Wildman–Crippen LogP) is 5.56. The smallest absolute Gasteiger partial charge is 0.338 e. The van der Waals surface area contributed by atoms with Gasteiger partial charge in [-0.1, -0.05) is 11.6 Å². The quantitative estimate of drug-likeness (QED) is 0.537. The molecular weight excluding hydrogens is 411 g/mol. The van der Waals surface area contributed by atoms with Gasteiger partial charge in [0.15, 0.2) is 0 Å². The van der Waals surface area contributed by atoms with Gasteiger partial charge in [0.25, 0.3) is 5.91 Å². The number of imidazole rings is 1. The summed E-state index contributed by atoms with van der Waals surface area (Å²) in [5.74, 6) is 0.612. The number of rotatable bonds is 2. The van der Waals surface area contributed by atoms with E-state index in [0.29, 0.717) is 52.7 Å². The minimum atomic E-state index is -4.39. The van der Waals surface area contributed by atoms with Crippen molar-refractivity contribution in [2.75, 3.05) is 13.1 Å². The Kier molecular flexibility index (Phi) is 4.87. The number of hydrogen-bond donors (Lipinski definition) is 0. The Bertz CT molecular complexity index is 1030. The number of aryl methyl sites for hydroxylation is 1. The molecule has 3 heterocycles. The molecule has 4 rings (SSSR count). The van der Waals surface area contributed by atoms with Crippen LogP contribution in [0.5, 0.6) is 0 Å². The molecule has 9 heteroatoms. The predicted molar refractivity (Wildman–Crippen MR) is 103 cm³/mol. The maximum absolute atomic E-state index is 13.0. The molecule has 0 aliphatic carbocycles. The highest BCUT2D eigenvalue weighted by Crippen LogP contribution is 2.34. The van der Waals surface area contributed by atoms with Crippen LogP contribution in [0.4, 0.5) is 13.2 Å². The SMILES string of the molecule is Cc1nc2cc(C(F)(F)F)ccc2n1C1CCN(C(=O)c2sccc2Cl)CC1. The average molecular weight is 428 g/mol. The van der Waals surface area contributed by atoms with Crippen LogP contribution in [-0.4, -0.2) is 33.4 Å². The van der Waals surface area contributed by atoms with Crippen LogP contribution in [0.1, 0.15) is 39.9 Å². The van der Waals surface area contributed by atoms with Crippen LogP contribution in [0.15, 0.2) is 29.6 Å². The van der Waals surface area contributed by atoms with Gasteiger partial charge in [-0.05, 0) is 49.4 Å². The molecule has 0 saturated carbocycles. The molecule has 1 aliphatic rings. The fourth-order valence-electron chi connectivity index (χ4n) is 3.77. The van der Waals surface area contributed by atoms with Crippen LogP contribution in [-0.2, 0) is 6.18 Å². The Morgan fingerprint density at radius 3 is 2.57 bits per heavy atom. The monoisotopic (exact) mass is 427 g/mol. The number of thiophene rings is 1. The molecule has 1 saturated heterocycles. The number of aromatic nitrogens is 2. The van der Waals surface area contributed by atoms with Crippen molar-refractivity contribution in [2.24, 2.45) is 0 Å². The Labute approximate surface area is 168 Å². The molecule has 0 bridgehead atoms. The maximum atomic E-state index is 13.0. The third-order valence-corrected chi connectivity index (χ3v) is 6.45. The molecule has 28 heavy (non-hydrogen) atoms. The number of nitrogens with zero attached hydrogens (tertiary/aromatic N) is 3.